The summed E-state index contributed by atoms with van der Waals surface area (Å²) in [7, 11) is 1.22. The average Bonchev–Trinajstić information content (AvgIpc) is 2.17. The minimum absolute atomic E-state index is 0.982. The first-order valence-corrected chi connectivity index (χ1v) is 4.95. The van der Waals surface area contributed by atoms with Crippen molar-refractivity contribution in [3.05, 3.63) is 12.7 Å². The molecule has 0 aromatic rings. The quantitative estimate of drug-likeness (QED) is 0.410. The number of allylic oxidation sites excluding steroid dienone is 1. The first-order chi connectivity index (χ1) is 4.33. The van der Waals surface area contributed by atoms with Gasteiger partial charge in [-0.05, 0) is 30.6 Å². The molecule has 1 heteroatoms. The Hall–Kier alpha value is 0.170. The third-order valence-corrected chi connectivity index (χ3v) is 3.69. The molecule has 1 rings (SSSR count). The van der Waals surface area contributed by atoms with Crippen LogP contribution in [0, 0.1) is 5.92 Å². The lowest BCUT2D eigenvalue weighted by Gasteiger charge is -2.02. The summed E-state index contributed by atoms with van der Waals surface area (Å²) in [6.07, 6.45) is 6.22. The first-order valence-electron chi connectivity index (χ1n) is 3.67. The highest BCUT2D eigenvalue weighted by molar-refractivity contribution is 7.39. The van der Waals surface area contributed by atoms with Gasteiger partial charge in [0.05, 0.1) is 0 Å². The fraction of sp³-hybridized carbons (Fsp3) is 0.750. The van der Waals surface area contributed by atoms with E-state index in [-0.39, 0.29) is 0 Å². The third-order valence-electron chi connectivity index (χ3n) is 1.94. The van der Waals surface area contributed by atoms with Crippen molar-refractivity contribution >= 4 is 8.58 Å². The summed E-state index contributed by atoms with van der Waals surface area (Å²) in [6, 6.07) is 0. The topological polar surface area (TPSA) is 0 Å². The standard InChI is InChI=1S/C8H15P/c1-3-4-8-5-7(2)9-6-8/h3,7-9H,1,4-6H2,2H3. The second kappa shape index (κ2) is 3.37. The molecule has 0 nitrogen and oxygen atoms in total. The molecule has 0 radical (unpaired) electrons. The van der Waals surface area contributed by atoms with Crippen LogP contribution in [0.25, 0.3) is 0 Å². The Balaban J connectivity index is 2.21. The minimum Gasteiger partial charge on any atom is -0.119 e. The first kappa shape index (κ1) is 7.28. The molecule has 1 aliphatic rings. The predicted octanol–water partition coefficient (Wildman–Crippen LogP) is 2.65. The highest BCUT2D eigenvalue weighted by Crippen LogP contribution is 2.37. The van der Waals surface area contributed by atoms with Gasteiger partial charge in [0, 0.05) is 0 Å². The van der Waals surface area contributed by atoms with Crippen molar-refractivity contribution in [2.24, 2.45) is 5.92 Å². The summed E-state index contributed by atoms with van der Waals surface area (Å²) in [6.45, 7) is 6.11. The lowest BCUT2D eigenvalue weighted by molar-refractivity contribution is 0.577. The van der Waals surface area contributed by atoms with Gasteiger partial charge in [-0.15, -0.1) is 15.2 Å². The van der Waals surface area contributed by atoms with Crippen LogP contribution in [0.2, 0.25) is 0 Å². The van der Waals surface area contributed by atoms with Crippen LogP contribution in [0.15, 0.2) is 12.7 Å². The number of hydrogen-bond acceptors (Lipinski definition) is 0. The molecule has 1 heterocycles. The molecular weight excluding hydrogens is 127 g/mol. The van der Waals surface area contributed by atoms with E-state index in [2.05, 4.69) is 19.6 Å². The Morgan fingerprint density at radius 2 is 2.56 bits per heavy atom. The van der Waals surface area contributed by atoms with Crippen LogP contribution in [0.4, 0.5) is 0 Å². The number of hydrogen-bond donors (Lipinski definition) is 0. The smallest absolute Gasteiger partial charge is 0.0262 e. The Bertz CT molecular complexity index is 98.7. The van der Waals surface area contributed by atoms with Crippen LogP contribution in [0.5, 0.6) is 0 Å². The van der Waals surface area contributed by atoms with Gasteiger partial charge >= 0.3 is 0 Å². The van der Waals surface area contributed by atoms with Crippen molar-refractivity contribution < 1.29 is 0 Å². The van der Waals surface area contributed by atoms with Gasteiger partial charge < -0.3 is 0 Å². The molecule has 0 aliphatic carbocycles. The summed E-state index contributed by atoms with van der Waals surface area (Å²) in [4.78, 5) is 0. The molecule has 0 amide bonds. The van der Waals surface area contributed by atoms with Crippen molar-refractivity contribution in [1.82, 2.24) is 0 Å². The molecule has 0 aromatic carbocycles. The van der Waals surface area contributed by atoms with E-state index in [1.807, 2.05) is 0 Å². The predicted molar refractivity (Wildman–Crippen MR) is 45.6 cm³/mol. The van der Waals surface area contributed by atoms with Crippen molar-refractivity contribution in [2.45, 2.75) is 25.4 Å². The Morgan fingerprint density at radius 1 is 1.78 bits per heavy atom. The van der Waals surface area contributed by atoms with Gasteiger partial charge in [0.1, 0.15) is 0 Å². The second-order valence-electron chi connectivity index (χ2n) is 2.94. The molecule has 0 saturated carbocycles. The Morgan fingerprint density at radius 3 is 3.00 bits per heavy atom. The highest BCUT2D eigenvalue weighted by Gasteiger charge is 2.19. The maximum atomic E-state index is 3.75. The Kier molecular flexibility index (Phi) is 2.72. The molecule has 1 fully saturated rings. The van der Waals surface area contributed by atoms with Gasteiger partial charge in [-0.3, -0.25) is 0 Å². The van der Waals surface area contributed by atoms with Crippen molar-refractivity contribution in [2.75, 3.05) is 6.16 Å². The molecule has 0 spiro atoms. The van der Waals surface area contributed by atoms with E-state index >= 15 is 0 Å². The maximum Gasteiger partial charge on any atom is -0.0262 e. The lowest BCUT2D eigenvalue weighted by atomic mass is 10.0. The second-order valence-corrected chi connectivity index (χ2v) is 4.74. The summed E-state index contributed by atoms with van der Waals surface area (Å²) >= 11 is 0. The fourth-order valence-corrected chi connectivity index (χ4v) is 3.02. The van der Waals surface area contributed by atoms with Crippen molar-refractivity contribution in [1.29, 1.82) is 0 Å². The van der Waals surface area contributed by atoms with Gasteiger partial charge in [-0.2, -0.15) is 0 Å². The third kappa shape index (κ3) is 2.10. The molecule has 1 aliphatic heterocycles. The fourth-order valence-electron chi connectivity index (χ4n) is 1.45. The molecule has 9 heavy (non-hydrogen) atoms. The molecule has 1 saturated heterocycles. The van der Waals surface area contributed by atoms with E-state index in [9.17, 15) is 0 Å². The van der Waals surface area contributed by atoms with E-state index in [4.69, 9.17) is 0 Å². The van der Waals surface area contributed by atoms with Gasteiger partial charge in [-0.25, -0.2) is 0 Å². The van der Waals surface area contributed by atoms with Crippen LogP contribution in [0.1, 0.15) is 19.8 Å². The van der Waals surface area contributed by atoms with Gasteiger partial charge in [0.15, 0.2) is 0 Å². The summed E-state index contributed by atoms with van der Waals surface area (Å²) < 4.78 is 0. The molecule has 3 unspecified atom stereocenters. The van der Waals surface area contributed by atoms with Crippen molar-refractivity contribution in [3.63, 3.8) is 0 Å². The van der Waals surface area contributed by atoms with E-state index in [0.717, 1.165) is 11.6 Å². The zero-order chi connectivity index (χ0) is 6.69. The van der Waals surface area contributed by atoms with Gasteiger partial charge in [0.25, 0.3) is 0 Å². The van der Waals surface area contributed by atoms with E-state index in [0.29, 0.717) is 0 Å². The zero-order valence-corrected chi connectivity index (χ0v) is 7.06. The monoisotopic (exact) mass is 142 g/mol. The summed E-state index contributed by atoms with van der Waals surface area (Å²) in [5, 5.41) is 0. The molecule has 0 aromatic heterocycles. The van der Waals surface area contributed by atoms with Crippen LogP contribution in [-0.4, -0.2) is 11.8 Å². The van der Waals surface area contributed by atoms with Crippen LogP contribution in [0.3, 0.4) is 0 Å². The van der Waals surface area contributed by atoms with Gasteiger partial charge in [-0.1, -0.05) is 13.0 Å². The zero-order valence-electron chi connectivity index (χ0n) is 6.06. The highest BCUT2D eigenvalue weighted by atomic mass is 31.1. The largest absolute Gasteiger partial charge is 0.119 e. The minimum atomic E-state index is 0.982. The molecule has 0 N–H and O–H groups in total. The maximum absolute atomic E-state index is 3.75. The van der Waals surface area contributed by atoms with Crippen LogP contribution < -0.4 is 0 Å². The molecular formula is C8H15P. The van der Waals surface area contributed by atoms with Crippen LogP contribution in [-0.2, 0) is 0 Å². The van der Waals surface area contributed by atoms with E-state index in [1.165, 1.54) is 27.6 Å². The van der Waals surface area contributed by atoms with E-state index < -0.39 is 0 Å². The van der Waals surface area contributed by atoms with Crippen LogP contribution >= 0.6 is 8.58 Å². The SMILES string of the molecule is C=CCC1CPC(C)C1. The Labute approximate surface area is 59.5 Å². The summed E-state index contributed by atoms with van der Waals surface area (Å²) in [5.41, 5.74) is 1.01. The lowest BCUT2D eigenvalue weighted by Crippen LogP contribution is -1.96. The summed E-state index contributed by atoms with van der Waals surface area (Å²) in [5.74, 6) is 0.982. The van der Waals surface area contributed by atoms with Crippen molar-refractivity contribution in [3.8, 4) is 0 Å². The molecule has 52 valence electrons. The molecule has 0 bridgehead atoms. The number of rotatable bonds is 2. The van der Waals surface area contributed by atoms with Gasteiger partial charge in [0.2, 0.25) is 0 Å². The average molecular weight is 142 g/mol. The van der Waals surface area contributed by atoms with E-state index in [1.54, 1.807) is 0 Å². The molecule has 3 atom stereocenters. The normalized spacial score (nSPS) is 37.4.